The highest BCUT2D eigenvalue weighted by molar-refractivity contribution is 5.91. The molecule has 2 heterocycles. The van der Waals surface area contributed by atoms with Gasteiger partial charge in [-0.05, 0) is 57.1 Å². The van der Waals surface area contributed by atoms with Gasteiger partial charge in [0.05, 0.1) is 0 Å². The molecule has 3 atom stereocenters. The van der Waals surface area contributed by atoms with Gasteiger partial charge in [-0.2, -0.15) is 0 Å². The molecule has 3 rings (SSSR count). The van der Waals surface area contributed by atoms with Gasteiger partial charge in [-0.1, -0.05) is 18.2 Å². The van der Waals surface area contributed by atoms with Gasteiger partial charge >= 0.3 is 6.03 Å². The molecular formula is C19H27N3O2. The van der Waals surface area contributed by atoms with Crippen LogP contribution in [0.2, 0.25) is 0 Å². The van der Waals surface area contributed by atoms with Crippen LogP contribution in [0.1, 0.15) is 50.2 Å². The maximum Gasteiger partial charge on any atom is 0.322 e. The Labute approximate surface area is 143 Å². The number of hydrogen-bond acceptors (Lipinski definition) is 2. The smallest absolute Gasteiger partial charge is 0.322 e. The van der Waals surface area contributed by atoms with Crippen LogP contribution in [0.4, 0.5) is 10.5 Å². The minimum absolute atomic E-state index is 0.00313. The van der Waals surface area contributed by atoms with Crippen LogP contribution in [0.15, 0.2) is 18.2 Å². The monoisotopic (exact) mass is 329 g/mol. The number of carbonyl (C=O) groups excluding carboxylic acids is 2. The van der Waals surface area contributed by atoms with Crippen molar-refractivity contribution < 1.29 is 9.59 Å². The molecule has 0 aliphatic carbocycles. The van der Waals surface area contributed by atoms with Crippen molar-refractivity contribution >= 4 is 17.6 Å². The van der Waals surface area contributed by atoms with Gasteiger partial charge in [0.25, 0.3) is 0 Å². The summed E-state index contributed by atoms with van der Waals surface area (Å²) in [5, 5.41) is 6.17. The van der Waals surface area contributed by atoms with Gasteiger partial charge in [-0.3, -0.25) is 4.79 Å². The first kappa shape index (κ1) is 16.8. The predicted molar refractivity (Wildman–Crippen MR) is 95.0 cm³/mol. The lowest BCUT2D eigenvalue weighted by Crippen LogP contribution is -2.59. The van der Waals surface area contributed by atoms with Crippen LogP contribution in [0.25, 0.3) is 0 Å². The largest absolute Gasteiger partial charge is 0.353 e. The molecule has 0 spiro atoms. The normalized spacial score (nSPS) is 26.0. The van der Waals surface area contributed by atoms with Gasteiger partial charge in [0.15, 0.2) is 0 Å². The van der Waals surface area contributed by atoms with E-state index >= 15 is 0 Å². The zero-order chi connectivity index (χ0) is 17.3. The molecule has 24 heavy (non-hydrogen) atoms. The van der Waals surface area contributed by atoms with Crippen molar-refractivity contribution in [1.29, 1.82) is 0 Å². The highest BCUT2D eigenvalue weighted by atomic mass is 16.2. The lowest BCUT2D eigenvalue weighted by atomic mass is 9.82. The van der Waals surface area contributed by atoms with E-state index in [9.17, 15) is 9.59 Å². The van der Waals surface area contributed by atoms with E-state index in [1.807, 2.05) is 36.9 Å². The van der Waals surface area contributed by atoms with Crippen LogP contribution < -0.4 is 10.6 Å². The predicted octanol–water partition coefficient (Wildman–Crippen LogP) is 3.36. The van der Waals surface area contributed by atoms with Crippen molar-refractivity contribution in [2.75, 3.05) is 5.32 Å². The molecule has 2 aliphatic heterocycles. The second kappa shape index (κ2) is 6.83. The molecule has 130 valence electrons. The fourth-order valence-corrected chi connectivity index (χ4v) is 4.30. The lowest BCUT2D eigenvalue weighted by molar-refractivity contribution is -0.120. The second-order valence-electron chi connectivity index (χ2n) is 7.21. The third kappa shape index (κ3) is 3.40. The van der Waals surface area contributed by atoms with Gasteiger partial charge in [0.1, 0.15) is 0 Å². The highest BCUT2D eigenvalue weighted by Gasteiger charge is 2.41. The molecule has 0 radical (unpaired) electrons. The molecule has 2 saturated heterocycles. The van der Waals surface area contributed by atoms with Crippen molar-refractivity contribution in [2.45, 2.75) is 71.0 Å². The van der Waals surface area contributed by atoms with Crippen molar-refractivity contribution in [3.8, 4) is 0 Å². The summed E-state index contributed by atoms with van der Waals surface area (Å²) in [5.41, 5.74) is 3.09. The highest BCUT2D eigenvalue weighted by Crippen LogP contribution is 2.35. The molecule has 1 aromatic rings. The van der Waals surface area contributed by atoms with Crippen LogP contribution in [-0.4, -0.2) is 35.0 Å². The van der Waals surface area contributed by atoms with Crippen molar-refractivity contribution in [3.63, 3.8) is 0 Å². The van der Waals surface area contributed by atoms with Crippen LogP contribution in [-0.2, 0) is 4.79 Å². The number of nitrogens with zero attached hydrogens (tertiary/aromatic N) is 1. The van der Waals surface area contributed by atoms with Gasteiger partial charge < -0.3 is 15.5 Å². The number of rotatable bonds is 2. The van der Waals surface area contributed by atoms with E-state index in [1.54, 1.807) is 6.92 Å². The molecule has 0 saturated carbocycles. The first-order chi connectivity index (χ1) is 11.5. The van der Waals surface area contributed by atoms with Gasteiger partial charge in [-0.15, -0.1) is 0 Å². The molecule has 0 aromatic heterocycles. The molecule has 3 amide bonds. The Bertz CT molecular complexity index is 609. The third-order valence-electron chi connectivity index (χ3n) is 5.33. The van der Waals surface area contributed by atoms with E-state index in [1.165, 1.54) is 0 Å². The van der Waals surface area contributed by atoms with Crippen LogP contribution >= 0.6 is 0 Å². The quantitative estimate of drug-likeness (QED) is 0.874. The summed E-state index contributed by atoms with van der Waals surface area (Å²) in [7, 11) is 0. The van der Waals surface area contributed by atoms with Gasteiger partial charge in [0.2, 0.25) is 5.91 Å². The molecule has 2 fully saturated rings. The molecule has 2 bridgehead atoms. The maximum atomic E-state index is 12.9. The molecule has 5 heteroatoms. The molecule has 5 nitrogen and oxygen atoms in total. The Hall–Kier alpha value is -2.04. The van der Waals surface area contributed by atoms with E-state index in [4.69, 9.17) is 0 Å². The van der Waals surface area contributed by atoms with Crippen LogP contribution in [0.5, 0.6) is 0 Å². The summed E-state index contributed by atoms with van der Waals surface area (Å²) in [4.78, 5) is 26.3. The van der Waals surface area contributed by atoms with E-state index < -0.39 is 0 Å². The van der Waals surface area contributed by atoms with E-state index in [0.717, 1.165) is 48.9 Å². The van der Waals surface area contributed by atoms with E-state index in [2.05, 4.69) is 10.6 Å². The Morgan fingerprint density at radius 1 is 1.08 bits per heavy atom. The number of benzene rings is 1. The standard InChI is InChI=1S/C19H27N3O2/c1-12-6-4-7-13(2)18(12)21-19(24)22-16-8-5-9-17(22)11-15(10-16)20-14(3)23/h4,6-7,15-17H,5,8-11H2,1-3H3,(H,20,23)(H,21,24)/t15?,16-,17+. The SMILES string of the molecule is CC(=O)NC1C[C@H]2CCC[C@@H](C1)N2C(=O)Nc1c(C)cccc1C. The summed E-state index contributed by atoms with van der Waals surface area (Å²) in [6.07, 6.45) is 4.92. The number of urea groups is 1. The Balaban J connectivity index is 1.74. The van der Waals surface area contributed by atoms with Crippen molar-refractivity contribution in [1.82, 2.24) is 10.2 Å². The number of nitrogens with one attached hydrogen (secondary N) is 2. The van der Waals surface area contributed by atoms with E-state index in [0.29, 0.717) is 0 Å². The van der Waals surface area contributed by atoms with Crippen LogP contribution in [0, 0.1) is 13.8 Å². The van der Waals surface area contributed by atoms with E-state index in [-0.39, 0.29) is 30.1 Å². The average molecular weight is 329 g/mol. The number of hydrogen-bond donors (Lipinski definition) is 2. The first-order valence-electron chi connectivity index (χ1n) is 8.88. The fourth-order valence-electron chi connectivity index (χ4n) is 4.30. The zero-order valence-electron chi connectivity index (χ0n) is 14.8. The first-order valence-corrected chi connectivity index (χ1v) is 8.88. The fraction of sp³-hybridized carbons (Fsp3) is 0.579. The summed E-state index contributed by atoms with van der Waals surface area (Å²) in [6.45, 7) is 5.61. The number of fused-ring (bicyclic) bond motifs is 2. The average Bonchev–Trinajstić information content (AvgIpc) is 2.49. The lowest BCUT2D eigenvalue weighted by Gasteiger charge is -2.48. The molecule has 2 N–H and O–H groups in total. The Kier molecular flexibility index (Phi) is 4.78. The number of anilines is 1. The van der Waals surface area contributed by atoms with Crippen molar-refractivity contribution in [2.24, 2.45) is 0 Å². The number of piperidine rings is 2. The maximum absolute atomic E-state index is 12.9. The van der Waals surface area contributed by atoms with Crippen molar-refractivity contribution in [3.05, 3.63) is 29.3 Å². The Morgan fingerprint density at radius 2 is 1.67 bits per heavy atom. The van der Waals surface area contributed by atoms with Gasteiger partial charge in [0, 0.05) is 30.7 Å². The summed E-state index contributed by atoms with van der Waals surface area (Å²) in [6, 6.07) is 6.69. The topological polar surface area (TPSA) is 61.4 Å². The second-order valence-corrected chi connectivity index (χ2v) is 7.21. The molecule has 2 aliphatic rings. The summed E-state index contributed by atoms with van der Waals surface area (Å²) >= 11 is 0. The number of para-hydroxylation sites is 1. The zero-order valence-corrected chi connectivity index (χ0v) is 14.8. The van der Waals surface area contributed by atoms with Gasteiger partial charge in [-0.25, -0.2) is 4.79 Å². The summed E-state index contributed by atoms with van der Waals surface area (Å²) in [5.74, 6) is 0.0199. The molecule has 1 unspecified atom stereocenters. The number of carbonyl (C=O) groups is 2. The van der Waals surface area contributed by atoms with Crippen LogP contribution in [0.3, 0.4) is 0 Å². The minimum atomic E-state index is 0.00313. The Morgan fingerprint density at radius 3 is 2.21 bits per heavy atom. The summed E-state index contributed by atoms with van der Waals surface area (Å²) < 4.78 is 0. The third-order valence-corrected chi connectivity index (χ3v) is 5.33. The molecule has 1 aromatic carbocycles. The molecular weight excluding hydrogens is 302 g/mol. The number of amides is 3. The minimum Gasteiger partial charge on any atom is -0.353 e. The number of aryl methyl sites for hydroxylation is 2.